The van der Waals surface area contributed by atoms with E-state index in [0.29, 0.717) is 11.6 Å². The molecule has 5 nitrogen and oxygen atoms in total. The van der Waals surface area contributed by atoms with E-state index in [1.165, 1.54) is 11.3 Å². The number of nitrogens with zero attached hydrogens (tertiary/aromatic N) is 3. The van der Waals surface area contributed by atoms with Gasteiger partial charge in [0.15, 0.2) is 0 Å². The molecule has 3 rings (SSSR count). The maximum atomic E-state index is 10.2. The van der Waals surface area contributed by atoms with Gasteiger partial charge >= 0.3 is 0 Å². The molecule has 0 bridgehead atoms. The van der Waals surface area contributed by atoms with E-state index in [0.717, 1.165) is 21.3 Å². The van der Waals surface area contributed by atoms with Crippen LogP contribution in [0.15, 0.2) is 30.5 Å². The lowest BCUT2D eigenvalue weighted by Crippen LogP contribution is -2.12. The van der Waals surface area contributed by atoms with E-state index in [-0.39, 0.29) is 5.41 Å². The lowest BCUT2D eigenvalue weighted by Gasteiger charge is -2.13. The van der Waals surface area contributed by atoms with Crippen LogP contribution in [0.1, 0.15) is 38.1 Å². The van der Waals surface area contributed by atoms with E-state index in [9.17, 15) is 5.11 Å². The van der Waals surface area contributed by atoms with Crippen molar-refractivity contribution >= 4 is 33.0 Å². The molecule has 0 amide bonds. The van der Waals surface area contributed by atoms with Crippen LogP contribution in [0.5, 0.6) is 0 Å². The Morgan fingerprint density at radius 1 is 1.30 bits per heavy atom. The number of hydrogen-bond acceptors (Lipinski definition) is 5. The van der Waals surface area contributed by atoms with Crippen LogP contribution in [0.4, 0.5) is 5.13 Å². The summed E-state index contributed by atoms with van der Waals surface area (Å²) in [5.74, 6) is 0. The van der Waals surface area contributed by atoms with E-state index in [2.05, 4.69) is 36.2 Å². The van der Waals surface area contributed by atoms with Gasteiger partial charge < -0.3 is 10.4 Å². The molecule has 0 saturated carbocycles. The van der Waals surface area contributed by atoms with Gasteiger partial charge in [0.1, 0.15) is 0 Å². The second-order valence-electron chi connectivity index (χ2n) is 6.46. The molecule has 3 aromatic rings. The Labute approximate surface area is 143 Å². The molecule has 1 aromatic carbocycles. The maximum Gasteiger partial charge on any atom is 0.214 e. The van der Waals surface area contributed by atoms with E-state index < -0.39 is 6.10 Å². The Hall–Kier alpha value is -1.63. The number of fused-ring (bicyclic) bond motifs is 1. The second kappa shape index (κ2) is 6.11. The largest absolute Gasteiger partial charge is 0.387 e. The fraction of sp³-hybridized carbons (Fsp3) is 0.375. The highest BCUT2D eigenvalue weighted by Gasteiger charge is 2.19. The molecule has 1 atom stereocenters. The molecule has 0 aliphatic rings. The summed E-state index contributed by atoms with van der Waals surface area (Å²) >= 11 is 7.32. The smallest absolute Gasteiger partial charge is 0.214 e. The van der Waals surface area contributed by atoms with Gasteiger partial charge in [-0.1, -0.05) is 55.8 Å². The summed E-state index contributed by atoms with van der Waals surface area (Å²) in [5, 5.41) is 19.2. The van der Waals surface area contributed by atoms with Crippen molar-refractivity contribution in [3.63, 3.8) is 0 Å². The minimum atomic E-state index is -0.617. The number of aliphatic hydroxyl groups is 1. The van der Waals surface area contributed by atoms with Gasteiger partial charge in [0, 0.05) is 17.0 Å². The number of benzene rings is 1. The molecule has 7 heteroatoms. The van der Waals surface area contributed by atoms with Gasteiger partial charge in [-0.25, -0.2) is 9.50 Å². The number of imidazole rings is 1. The Balaban J connectivity index is 1.67. The molecule has 122 valence electrons. The molecule has 2 heterocycles. The van der Waals surface area contributed by atoms with Gasteiger partial charge in [-0.05, 0) is 17.7 Å². The third-order valence-electron chi connectivity index (χ3n) is 3.51. The number of rotatable bonds is 4. The summed E-state index contributed by atoms with van der Waals surface area (Å²) in [5.41, 5.74) is 1.84. The van der Waals surface area contributed by atoms with Crippen LogP contribution < -0.4 is 5.32 Å². The summed E-state index contributed by atoms with van der Waals surface area (Å²) in [4.78, 5) is 5.45. The number of anilines is 1. The highest BCUT2D eigenvalue weighted by Crippen LogP contribution is 2.26. The zero-order valence-corrected chi connectivity index (χ0v) is 14.8. The highest BCUT2D eigenvalue weighted by molar-refractivity contribution is 7.20. The van der Waals surface area contributed by atoms with Crippen LogP contribution in [0, 0.1) is 0 Å². The SMILES string of the molecule is CC(C)(C)c1cn2nc(NC[C@@H](O)c3ccc(Cl)cc3)sc2n1. The van der Waals surface area contributed by atoms with Gasteiger partial charge in [-0.3, -0.25) is 0 Å². The third-order valence-corrected chi connectivity index (χ3v) is 4.65. The van der Waals surface area contributed by atoms with Crippen molar-refractivity contribution in [1.82, 2.24) is 14.6 Å². The number of hydrogen-bond donors (Lipinski definition) is 2. The average Bonchev–Trinajstić information content (AvgIpc) is 3.03. The minimum Gasteiger partial charge on any atom is -0.387 e. The lowest BCUT2D eigenvalue weighted by molar-refractivity contribution is 0.191. The van der Waals surface area contributed by atoms with E-state index in [4.69, 9.17) is 11.6 Å². The van der Waals surface area contributed by atoms with Crippen LogP contribution >= 0.6 is 22.9 Å². The first-order chi connectivity index (χ1) is 10.8. The lowest BCUT2D eigenvalue weighted by atomic mass is 9.93. The van der Waals surface area contributed by atoms with Crippen LogP contribution in [-0.4, -0.2) is 26.2 Å². The Kier molecular flexibility index (Phi) is 4.31. The first-order valence-electron chi connectivity index (χ1n) is 7.37. The summed E-state index contributed by atoms with van der Waals surface area (Å²) in [6.07, 6.45) is 1.33. The summed E-state index contributed by atoms with van der Waals surface area (Å²) in [6, 6.07) is 7.18. The predicted octanol–water partition coefficient (Wildman–Crippen LogP) is 3.89. The summed E-state index contributed by atoms with van der Waals surface area (Å²) in [6.45, 7) is 6.76. The van der Waals surface area contributed by atoms with Gasteiger partial charge in [-0.2, -0.15) is 0 Å². The molecule has 0 unspecified atom stereocenters. The Morgan fingerprint density at radius 2 is 2.00 bits per heavy atom. The average molecular weight is 351 g/mol. The maximum absolute atomic E-state index is 10.2. The van der Waals surface area contributed by atoms with Gasteiger partial charge in [0.25, 0.3) is 0 Å². The molecule has 2 aromatic heterocycles. The fourth-order valence-electron chi connectivity index (χ4n) is 2.12. The molecule has 0 aliphatic heterocycles. The van der Waals surface area contributed by atoms with E-state index >= 15 is 0 Å². The van der Waals surface area contributed by atoms with Crippen molar-refractivity contribution in [2.24, 2.45) is 0 Å². The topological polar surface area (TPSA) is 62.5 Å². The van der Waals surface area contributed by atoms with Crippen LogP contribution in [0.25, 0.3) is 4.96 Å². The van der Waals surface area contributed by atoms with Crippen molar-refractivity contribution in [1.29, 1.82) is 0 Å². The van der Waals surface area contributed by atoms with Crippen LogP contribution in [0.2, 0.25) is 5.02 Å². The standard InChI is InChI=1S/C16H19ClN4OS/c1-16(2,3)13-9-21-15(19-13)23-14(20-21)18-8-12(22)10-4-6-11(17)7-5-10/h4-7,9,12,22H,8H2,1-3H3,(H,18,20)/t12-/m1/s1. The first-order valence-corrected chi connectivity index (χ1v) is 8.56. The van der Waals surface area contributed by atoms with Crippen LogP contribution in [-0.2, 0) is 5.41 Å². The molecular formula is C16H19ClN4OS. The highest BCUT2D eigenvalue weighted by atomic mass is 35.5. The molecule has 2 N–H and O–H groups in total. The number of halogens is 1. The Bertz CT molecular complexity index is 772. The predicted molar refractivity (Wildman–Crippen MR) is 94.5 cm³/mol. The van der Waals surface area contributed by atoms with Gasteiger partial charge in [-0.15, -0.1) is 5.10 Å². The van der Waals surface area contributed by atoms with E-state index in [1.807, 2.05) is 18.3 Å². The first kappa shape index (κ1) is 16.2. The van der Waals surface area contributed by atoms with Crippen LogP contribution in [0.3, 0.4) is 0 Å². The number of aromatic nitrogens is 3. The monoisotopic (exact) mass is 350 g/mol. The molecule has 0 aliphatic carbocycles. The van der Waals surface area contributed by atoms with Crippen molar-refractivity contribution in [3.05, 3.63) is 46.7 Å². The van der Waals surface area contributed by atoms with Gasteiger partial charge in [0.05, 0.1) is 18.0 Å². The Morgan fingerprint density at radius 3 is 2.61 bits per heavy atom. The van der Waals surface area contributed by atoms with Crippen molar-refractivity contribution in [3.8, 4) is 0 Å². The molecule has 0 radical (unpaired) electrons. The van der Waals surface area contributed by atoms with Crippen molar-refractivity contribution < 1.29 is 5.11 Å². The molecule has 0 saturated heterocycles. The normalized spacial score (nSPS) is 13.4. The molecule has 0 fully saturated rings. The quantitative estimate of drug-likeness (QED) is 0.749. The number of nitrogens with one attached hydrogen (secondary N) is 1. The minimum absolute atomic E-state index is 0.00574. The summed E-state index contributed by atoms with van der Waals surface area (Å²) < 4.78 is 1.78. The molecule has 0 spiro atoms. The molecule has 23 heavy (non-hydrogen) atoms. The fourth-order valence-corrected chi connectivity index (χ4v) is 3.03. The zero-order chi connectivity index (χ0) is 16.6. The third kappa shape index (κ3) is 3.65. The van der Waals surface area contributed by atoms with Crippen molar-refractivity contribution in [2.75, 3.05) is 11.9 Å². The summed E-state index contributed by atoms with van der Waals surface area (Å²) in [7, 11) is 0. The van der Waals surface area contributed by atoms with Crippen molar-refractivity contribution in [2.45, 2.75) is 32.3 Å². The molecular weight excluding hydrogens is 332 g/mol. The second-order valence-corrected chi connectivity index (χ2v) is 7.85. The van der Waals surface area contributed by atoms with E-state index in [1.54, 1.807) is 16.6 Å². The number of aliphatic hydroxyl groups excluding tert-OH is 1. The van der Waals surface area contributed by atoms with Gasteiger partial charge in [0.2, 0.25) is 10.1 Å². The zero-order valence-electron chi connectivity index (χ0n) is 13.2.